The number of hydrogen-bond acceptors (Lipinski definition) is 10. The highest BCUT2D eigenvalue weighted by atomic mass is 31.2. The van der Waals surface area contributed by atoms with Crippen molar-refractivity contribution in [2.45, 2.75) is 26.2 Å². The van der Waals surface area contributed by atoms with Crippen LogP contribution in [-0.4, -0.2) is 47.3 Å². The van der Waals surface area contributed by atoms with Crippen molar-refractivity contribution in [1.29, 1.82) is 0 Å². The minimum absolute atomic E-state index is 0.0381. The minimum atomic E-state index is -3.61. The molecule has 0 aliphatic carbocycles. The molecule has 29 heavy (non-hydrogen) atoms. The van der Waals surface area contributed by atoms with Gasteiger partial charge in [-0.3, -0.25) is 24.5 Å². The molecule has 0 N–H and O–H groups in total. The SMILES string of the molecule is CCOP(=O)(CCCOC(=O)ON1C(=O)CCC1=O)Oc1ccc([N+](=O)[O-])cc1. The molecular weight excluding hydrogens is 411 g/mol. The molecule has 1 aliphatic heterocycles. The smallest absolute Gasteiger partial charge is 0.433 e. The third kappa shape index (κ3) is 6.54. The van der Waals surface area contributed by atoms with Crippen LogP contribution in [-0.2, 0) is 28.3 Å². The molecule has 1 aromatic rings. The zero-order chi connectivity index (χ0) is 21.4. The zero-order valence-corrected chi connectivity index (χ0v) is 16.4. The second kappa shape index (κ2) is 9.99. The van der Waals surface area contributed by atoms with Crippen LogP contribution in [0, 0.1) is 10.1 Å². The lowest BCUT2D eigenvalue weighted by Crippen LogP contribution is -2.32. The maximum Gasteiger partial charge on any atom is 0.533 e. The first-order valence-corrected chi connectivity index (χ1v) is 10.3. The van der Waals surface area contributed by atoms with E-state index in [0.717, 1.165) is 0 Å². The summed E-state index contributed by atoms with van der Waals surface area (Å²) in [5.41, 5.74) is -0.148. The van der Waals surface area contributed by atoms with Crippen molar-refractivity contribution in [3.05, 3.63) is 34.4 Å². The van der Waals surface area contributed by atoms with Crippen molar-refractivity contribution in [1.82, 2.24) is 5.06 Å². The largest absolute Gasteiger partial charge is 0.533 e. The number of nitrogens with zero attached hydrogens (tertiary/aromatic N) is 2. The lowest BCUT2D eigenvalue weighted by Gasteiger charge is -2.18. The van der Waals surface area contributed by atoms with Gasteiger partial charge in [0.1, 0.15) is 5.75 Å². The minimum Gasteiger partial charge on any atom is -0.433 e. The van der Waals surface area contributed by atoms with Gasteiger partial charge >= 0.3 is 13.8 Å². The summed E-state index contributed by atoms with van der Waals surface area (Å²) in [6.45, 7) is 1.48. The third-order valence-corrected chi connectivity index (χ3v) is 5.59. The summed E-state index contributed by atoms with van der Waals surface area (Å²) in [4.78, 5) is 48.9. The number of carbonyl (C=O) groups is 3. The fourth-order valence-electron chi connectivity index (χ4n) is 2.30. The van der Waals surface area contributed by atoms with Crippen molar-refractivity contribution in [2.24, 2.45) is 0 Å². The molecule has 1 heterocycles. The Bertz CT molecular complexity index is 809. The van der Waals surface area contributed by atoms with Crippen molar-refractivity contribution in [3.63, 3.8) is 0 Å². The number of non-ortho nitro benzene ring substituents is 1. The number of carbonyl (C=O) groups excluding carboxylic acids is 3. The number of ether oxygens (including phenoxy) is 1. The van der Waals surface area contributed by atoms with E-state index >= 15 is 0 Å². The summed E-state index contributed by atoms with van der Waals surface area (Å²) < 4.78 is 28.1. The predicted octanol–water partition coefficient (Wildman–Crippen LogP) is 2.81. The molecule has 0 bridgehead atoms. The first-order valence-electron chi connectivity index (χ1n) is 8.62. The Kier molecular flexibility index (Phi) is 7.68. The summed E-state index contributed by atoms with van der Waals surface area (Å²) in [5, 5.41) is 11.0. The molecule has 158 valence electrons. The Morgan fingerprint density at radius 1 is 1.21 bits per heavy atom. The highest BCUT2D eigenvalue weighted by Crippen LogP contribution is 2.48. The van der Waals surface area contributed by atoms with E-state index in [4.69, 9.17) is 13.8 Å². The van der Waals surface area contributed by atoms with Crippen molar-refractivity contribution in [3.8, 4) is 5.75 Å². The van der Waals surface area contributed by atoms with E-state index in [1.165, 1.54) is 24.3 Å². The zero-order valence-electron chi connectivity index (χ0n) is 15.5. The normalized spacial score (nSPS) is 15.7. The van der Waals surface area contributed by atoms with Gasteiger partial charge in [0, 0.05) is 25.0 Å². The number of benzene rings is 1. The van der Waals surface area contributed by atoms with Crippen LogP contribution in [0.2, 0.25) is 0 Å². The third-order valence-electron chi connectivity index (χ3n) is 3.59. The van der Waals surface area contributed by atoms with Crippen LogP contribution >= 0.6 is 7.60 Å². The molecule has 1 saturated heterocycles. The maximum atomic E-state index is 12.8. The molecule has 0 radical (unpaired) electrons. The quantitative estimate of drug-likeness (QED) is 0.135. The van der Waals surface area contributed by atoms with Gasteiger partial charge in [-0.05, 0) is 25.5 Å². The Balaban J connectivity index is 1.82. The van der Waals surface area contributed by atoms with Crippen LogP contribution in [0.25, 0.3) is 0 Å². The van der Waals surface area contributed by atoms with E-state index in [1.54, 1.807) is 6.92 Å². The Morgan fingerprint density at radius 3 is 2.38 bits per heavy atom. The standard InChI is InChI=1S/C16H19N2O10P/c1-2-26-29(24,28-13-6-4-12(5-7-13)18(22)23)11-3-10-25-16(21)27-17-14(19)8-9-15(17)20/h4-7H,2-3,8-11H2,1H3. The van der Waals surface area contributed by atoms with Gasteiger partial charge in [-0.25, -0.2) is 9.36 Å². The number of imide groups is 1. The molecule has 13 heteroatoms. The monoisotopic (exact) mass is 430 g/mol. The highest BCUT2D eigenvalue weighted by Gasteiger charge is 2.33. The first-order chi connectivity index (χ1) is 13.7. The molecular formula is C16H19N2O10P. The van der Waals surface area contributed by atoms with Crippen LogP contribution in [0.15, 0.2) is 24.3 Å². The molecule has 1 unspecified atom stereocenters. The number of nitro groups is 1. The molecule has 1 aromatic carbocycles. The van der Waals surface area contributed by atoms with Gasteiger partial charge in [0.25, 0.3) is 17.5 Å². The molecule has 12 nitrogen and oxygen atoms in total. The Labute approximate surface area is 165 Å². The second-order valence-corrected chi connectivity index (χ2v) is 7.83. The van der Waals surface area contributed by atoms with E-state index < -0.39 is 30.5 Å². The molecule has 2 rings (SSSR count). The molecule has 2 amide bonds. The maximum absolute atomic E-state index is 12.8. The second-order valence-electron chi connectivity index (χ2n) is 5.72. The number of hydrogen-bond donors (Lipinski definition) is 0. The number of amides is 2. The summed E-state index contributed by atoms with van der Waals surface area (Å²) in [6.07, 6.45) is -1.36. The Hall–Kier alpha value is -2.98. The molecule has 1 aliphatic rings. The summed E-state index contributed by atoms with van der Waals surface area (Å²) in [5.74, 6) is -1.15. The van der Waals surface area contributed by atoms with Gasteiger partial charge in [-0.1, -0.05) is 5.06 Å². The van der Waals surface area contributed by atoms with Crippen LogP contribution in [0.4, 0.5) is 10.5 Å². The van der Waals surface area contributed by atoms with E-state index in [0.29, 0.717) is 5.06 Å². The van der Waals surface area contributed by atoms with Gasteiger partial charge in [-0.15, -0.1) is 0 Å². The number of hydroxylamine groups is 2. The molecule has 0 saturated carbocycles. The first kappa shape index (κ1) is 22.3. The molecule has 0 aromatic heterocycles. The van der Waals surface area contributed by atoms with Crippen molar-refractivity contribution in [2.75, 3.05) is 19.4 Å². The van der Waals surface area contributed by atoms with Crippen LogP contribution in [0.1, 0.15) is 26.2 Å². The van der Waals surface area contributed by atoms with Gasteiger partial charge in [0.05, 0.1) is 24.3 Å². The van der Waals surface area contributed by atoms with Crippen molar-refractivity contribution < 1.29 is 42.5 Å². The Morgan fingerprint density at radius 2 is 1.83 bits per heavy atom. The average molecular weight is 430 g/mol. The summed E-state index contributed by atoms with van der Waals surface area (Å²) in [7, 11) is -3.61. The summed E-state index contributed by atoms with van der Waals surface area (Å²) in [6, 6.07) is 4.99. The van der Waals surface area contributed by atoms with Gasteiger partial charge in [0.15, 0.2) is 0 Å². The number of nitro benzene ring substituents is 1. The van der Waals surface area contributed by atoms with Gasteiger partial charge in [0.2, 0.25) is 0 Å². The summed E-state index contributed by atoms with van der Waals surface area (Å²) >= 11 is 0. The average Bonchev–Trinajstić information content (AvgIpc) is 2.98. The van der Waals surface area contributed by atoms with Crippen LogP contribution in [0.3, 0.4) is 0 Å². The topological polar surface area (TPSA) is 152 Å². The van der Waals surface area contributed by atoms with E-state index in [1.807, 2.05) is 0 Å². The van der Waals surface area contributed by atoms with E-state index in [-0.39, 0.29) is 50.1 Å². The fraction of sp³-hybridized carbons (Fsp3) is 0.438. The molecule has 1 fully saturated rings. The fourth-order valence-corrected chi connectivity index (χ4v) is 3.92. The van der Waals surface area contributed by atoms with Crippen molar-refractivity contribution >= 4 is 31.3 Å². The van der Waals surface area contributed by atoms with Crippen LogP contribution < -0.4 is 4.52 Å². The molecule has 0 spiro atoms. The molecule has 1 atom stereocenters. The van der Waals surface area contributed by atoms with Gasteiger partial charge in [-0.2, -0.15) is 0 Å². The van der Waals surface area contributed by atoms with E-state index in [9.17, 15) is 29.1 Å². The van der Waals surface area contributed by atoms with E-state index in [2.05, 4.69) is 4.84 Å². The predicted molar refractivity (Wildman–Crippen MR) is 96.0 cm³/mol. The van der Waals surface area contributed by atoms with Crippen LogP contribution in [0.5, 0.6) is 5.75 Å². The lowest BCUT2D eigenvalue weighted by atomic mass is 10.3. The van der Waals surface area contributed by atoms with Gasteiger partial charge < -0.3 is 13.8 Å². The lowest BCUT2D eigenvalue weighted by molar-refractivity contribution is -0.384. The highest BCUT2D eigenvalue weighted by molar-refractivity contribution is 7.54. The number of rotatable bonds is 10.